The smallest absolute Gasteiger partial charge is 0.264 e. The van der Waals surface area contributed by atoms with E-state index in [1.165, 1.54) is 35.3 Å². The lowest BCUT2D eigenvalue weighted by Crippen LogP contribution is -2.26. The van der Waals surface area contributed by atoms with E-state index in [9.17, 15) is 14.0 Å². The van der Waals surface area contributed by atoms with E-state index in [0.29, 0.717) is 29.7 Å². The molecular formula is C23H20FN5O2. The second kappa shape index (κ2) is 9.17. The Morgan fingerprint density at radius 3 is 2.77 bits per heavy atom. The van der Waals surface area contributed by atoms with Gasteiger partial charge in [0.1, 0.15) is 17.5 Å². The summed E-state index contributed by atoms with van der Waals surface area (Å²) in [4.78, 5) is 29.0. The van der Waals surface area contributed by atoms with Gasteiger partial charge in [-0.25, -0.2) is 14.1 Å². The normalized spacial score (nSPS) is 11.3. The van der Waals surface area contributed by atoms with Crippen molar-refractivity contribution < 1.29 is 9.18 Å². The third-order valence-corrected chi connectivity index (χ3v) is 4.71. The highest BCUT2D eigenvalue weighted by atomic mass is 19.1. The Morgan fingerprint density at radius 2 is 1.97 bits per heavy atom. The Bertz CT molecular complexity index is 1290. The molecule has 2 heterocycles. The molecule has 0 aliphatic rings. The summed E-state index contributed by atoms with van der Waals surface area (Å²) in [6.45, 7) is 0.923. The first-order valence-corrected chi connectivity index (χ1v) is 9.76. The van der Waals surface area contributed by atoms with Crippen molar-refractivity contribution in [3.05, 3.63) is 100 Å². The van der Waals surface area contributed by atoms with Crippen molar-refractivity contribution >= 4 is 23.0 Å². The number of rotatable bonds is 7. The third kappa shape index (κ3) is 4.92. The zero-order chi connectivity index (χ0) is 21.6. The summed E-state index contributed by atoms with van der Waals surface area (Å²) < 4.78 is 16.4. The van der Waals surface area contributed by atoms with Crippen LogP contribution in [-0.2, 0) is 17.9 Å². The molecule has 0 unspecified atom stereocenters. The number of carbonyl (C=O) groups excluding carboxylic acids is 1. The molecule has 0 saturated carbocycles. The Balaban J connectivity index is 1.40. The van der Waals surface area contributed by atoms with Gasteiger partial charge in [-0.05, 0) is 29.3 Å². The number of nitrogens with one attached hydrogen (secondary N) is 1. The Labute approximate surface area is 177 Å². The van der Waals surface area contributed by atoms with E-state index < -0.39 is 0 Å². The summed E-state index contributed by atoms with van der Waals surface area (Å²) >= 11 is 0. The van der Waals surface area contributed by atoms with Crippen molar-refractivity contribution in [2.45, 2.75) is 13.1 Å². The highest BCUT2D eigenvalue weighted by Crippen LogP contribution is 2.08. The Kier molecular flexibility index (Phi) is 5.98. The Hall–Kier alpha value is -4.07. The molecule has 0 aliphatic carbocycles. The fourth-order valence-corrected chi connectivity index (χ4v) is 3.19. The van der Waals surface area contributed by atoms with Crippen LogP contribution in [0.5, 0.6) is 0 Å². The van der Waals surface area contributed by atoms with E-state index in [1.54, 1.807) is 22.9 Å². The first-order chi connectivity index (χ1) is 15.1. The number of carbonyl (C=O) groups is 1. The summed E-state index contributed by atoms with van der Waals surface area (Å²) in [5.41, 5.74) is 1.79. The summed E-state index contributed by atoms with van der Waals surface area (Å²) in [5.74, 6) is -0.571. The molecule has 1 N–H and O–H groups in total. The molecule has 0 radical (unpaired) electrons. The van der Waals surface area contributed by atoms with Gasteiger partial charge in [0.2, 0.25) is 5.91 Å². The van der Waals surface area contributed by atoms with Gasteiger partial charge in [-0.1, -0.05) is 42.5 Å². The number of benzene rings is 2. The minimum atomic E-state index is -0.354. The van der Waals surface area contributed by atoms with Crippen molar-refractivity contribution in [2.24, 2.45) is 0 Å². The van der Waals surface area contributed by atoms with E-state index in [0.717, 1.165) is 5.56 Å². The highest BCUT2D eigenvalue weighted by Gasteiger charge is 2.11. The molecule has 4 aromatic rings. The zero-order valence-electron chi connectivity index (χ0n) is 16.6. The number of fused-ring (bicyclic) bond motifs is 1. The predicted molar refractivity (Wildman–Crippen MR) is 116 cm³/mol. The SMILES string of the molecule is O=C(/C=C\c1ccccc1)NCCn1ncc2c(=O)n(Cc3cccc(F)c3)cnc21. The molecular weight excluding hydrogens is 397 g/mol. The first kappa shape index (κ1) is 20.2. The average molecular weight is 417 g/mol. The van der Waals surface area contributed by atoms with E-state index in [4.69, 9.17) is 0 Å². The van der Waals surface area contributed by atoms with Gasteiger partial charge in [0, 0.05) is 12.6 Å². The van der Waals surface area contributed by atoms with E-state index in [1.807, 2.05) is 30.3 Å². The summed E-state index contributed by atoms with van der Waals surface area (Å²) in [6, 6.07) is 15.6. The van der Waals surface area contributed by atoms with Crippen molar-refractivity contribution in [3.63, 3.8) is 0 Å². The molecule has 156 valence electrons. The monoisotopic (exact) mass is 417 g/mol. The van der Waals surface area contributed by atoms with Gasteiger partial charge in [0.15, 0.2) is 5.65 Å². The fraction of sp³-hybridized carbons (Fsp3) is 0.130. The largest absolute Gasteiger partial charge is 0.351 e. The van der Waals surface area contributed by atoms with Gasteiger partial charge < -0.3 is 5.32 Å². The van der Waals surface area contributed by atoms with E-state index in [-0.39, 0.29) is 23.8 Å². The number of halogens is 1. The first-order valence-electron chi connectivity index (χ1n) is 9.76. The molecule has 31 heavy (non-hydrogen) atoms. The number of hydrogen-bond donors (Lipinski definition) is 1. The highest BCUT2D eigenvalue weighted by molar-refractivity contribution is 5.91. The lowest BCUT2D eigenvalue weighted by atomic mass is 10.2. The molecule has 8 heteroatoms. The standard InChI is InChI=1S/C23H20FN5O2/c24-19-8-4-7-18(13-19)15-28-16-26-22-20(23(28)31)14-27-29(22)12-11-25-21(30)10-9-17-5-2-1-3-6-17/h1-10,13-14,16H,11-12,15H2,(H,25,30)/b10-9-. The number of amides is 1. The van der Waals surface area contributed by atoms with Crippen LogP contribution in [0.3, 0.4) is 0 Å². The Morgan fingerprint density at radius 1 is 1.13 bits per heavy atom. The van der Waals surface area contributed by atoms with Crippen molar-refractivity contribution in [3.8, 4) is 0 Å². The molecule has 7 nitrogen and oxygen atoms in total. The molecule has 0 bridgehead atoms. The second-order valence-electron chi connectivity index (χ2n) is 6.95. The molecule has 0 atom stereocenters. The summed E-state index contributed by atoms with van der Waals surface area (Å²) in [6.07, 6.45) is 6.10. The topological polar surface area (TPSA) is 81.8 Å². The molecule has 2 aromatic heterocycles. The van der Waals surface area contributed by atoms with Crippen molar-refractivity contribution in [1.82, 2.24) is 24.6 Å². The quantitative estimate of drug-likeness (QED) is 0.469. The van der Waals surface area contributed by atoms with Crippen molar-refractivity contribution in [1.29, 1.82) is 0 Å². The van der Waals surface area contributed by atoms with Crippen LogP contribution in [0.1, 0.15) is 11.1 Å². The van der Waals surface area contributed by atoms with Crippen LogP contribution in [0.25, 0.3) is 17.1 Å². The van der Waals surface area contributed by atoms with Gasteiger partial charge >= 0.3 is 0 Å². The van der Waals surface area contributed by atoms with Crippen LogP contribution < -0.4 is 10.9 Å². The second-order valence-corrected chi connectivity index (χ2v) is 6.95. The molecule has 1 amide bonds. The molecule has 0 spiro atoms. The van der Waals surface area contributed by atoms with Crippen LogP contribution in [0.15, 0.2) is 78.0 Å². The maximum Gasteiger partial charge on any atom is 0.264 e. The number of nitrogens with zero attached hydrogens (tertiary/aromatic N) is 4. The zero-order valence-corrected chi connectivity index (χ0v) is 16.6. The lowest BCUT2D eigenvalue weighted by molar-refractivity contribution is -0.116. The van der Waals surface area contributed by atoms with Crippen LogP contribution in [-0.4, -0.2) is 31.8 Å². The molecule has 0 aliphatic heterocycles. The molecule has 2 aromatic carbocycles. The van der Waals surface area contributed by atoms with E-state index in [2.05, 4.69) is 15.4 Å². The molecule has 4 rings (SSSR count). The van der Waals surface area contributed by atoms with Crippen LogP contribution in [0.2, 0.25) is 0 Å². The fourth-order valence-electron chi connectivity index (χ4n) is 3.19. The van der Waals surface area contributed by atoms with Crippen LogP contribution >= 0.6 is 0 Å². The average Bonchev–Trinajstić information content (AvgIpc) is 3.19. The maximum atomic E-state index is 13.4. The van der Waals surface area contributed by atoms with E-state index >= 15 is 0 Å². The minimum Gasteiger partial charge on any atom is -0.351 e. The number of hydrogen-bond acceptors (Lipinski definition) is 4. The molecule has 0 fully saturated rings. The predicted octanol–water partition coefficient (Wildman–Crippen LogP) is 2.61. The van der Waals surface area contributed by atoms with Gasteiger partial charge in [-0.2, -0.15) is 5.10 Å². The minimum absolute atomic E-state index is 0.217. The van der Waals surface area contributed by atoms with Gasteiger partial charge in [0.05, 0.1) is 19.3 Å². The lowest BCUT2D eigenvalue weighted by Gasteiger charge is -2.07. The third-order valence-electron chi connectivity index (χ3n) is 4.71. The summed E-state index contributed by atoms with van der Waals surface area (Å²) in [7, 11) is 0. The van der Waals surface area contributed by atoms with Crippen molar-refractivity contribution in [2.75, 3.05) is 6.54 Å². The summed E-state index contributed by atoms with van der Waals surface area (Å²) in [5, 5.41) is 7.38. The van der Waals surface area contributed by atoms with Gasteiger partial charge in [-0.15, -0.1) is 0 Å². The van der Waals surface area contributed by atoms with Crippen LogP contribution in [0, 0.1) is 5.82 Å². The molecule has 0 saturated heterocycles. The van der Waals surface area contributed by atoms with Gasteiger partial charge in [-0.3, -0.25) is 14.2 Å². The van der Waals surface area contributed by atoms with Crippen LogP contribution in [0.4, 0.5) is 4.39 Å². The number of aromatic nitrogens is 4. The van der Waals surface area contributed by atoms with Gasteiger partial charge in [0.25, 0.3) is 5.56 Å². The maximum absolute atomic E-state index is 13.4.